The van der Waals surface area contributed by atoms with Crippen LogP contribution in [-0.4, -0.2) is 25.7 Å². The quantitative estimate of drug-likeness (QED) is 0.328. The highest BCUT2D eigenvalue weighted by atomic mass is 16.5. The third-order valence-electron chi connectivity index (χ3n) is 2.74. The molecule has 0 spiro atoms. The molecule has 0 aliphatic carbocycles. The van der Waals surface area contributed by atoms with Gasteiger partial charge in [0.25, 0.3) is 0 Å². The molecule has 0 saturated carbocycles. The summed E-state index contributed by atoms with van der Waals surface area (Å²) in [5.74, 6) is -0.337. The topological polar surface area (TPSA) is 52.6 Å². The second-order valence-electron chi connectivity index (χ2n) is 4.48. The van der Waals surface area contributed by atoms with E-state index in [-0.39, 0.29) is 11.9 Å². The molecule has 4 nitrogen and oxygen atoms in total. The average Bonchev–Trinajstić information content (AvgIpc) is 2.39. The molecular weight excluding hydrogens is 244 g/mol. The Kier molecular flexibility index (Phi) is 12.2. The van der Waals surface area contributed by atoms with Gasteiger partial charge in [0.1, 0.15) is 0 Å². The third-order valence-corrected chi connectivity index (χ3v) is 2.74. The van der Waals surface area contributed by atoms with E-state index < -0.39 is 0 Å². The number of hydrogen-bond acceptors (Lipinski definition) is 4. The number of esters is 2. The van der Waals surface area contributed by atoms with E-state index in [2.05, 4.69) is 16.9 Å². The number of unbranched alkanes of at least 4 members (excludes halogenated alkanes) is 5. The van der Waals surface area contributed by atoms with Crippen LogP contribution in [0.1, 0.15) is 58.3 Å². The van der Waals surface area contributed by atoms with E-state index in [1.807, 2.05) is 0 Å². The van der Waals surface area contributed by atoms with Crippen molar-refractivity contribution in [2.45, 2.75) is 58.3 Å². The molecule has 0 saturated heterocycles. The van der Waals surface area contributed by atoms with Crippen LogP contribution in [-0.2, 0) is 19.1 Å². The number of carbonyl (C=O) groups excluding carboxylic acids is 2. The molecule has 0 bridgehead atoms. The SMILES string of the molecule is COC(=O)CCCCCCC/C=C/CCOC(C)=O. The van der Waals surface area contributed by atoms with E-state index in [0.717, 1.165) is 32.1 Å². The van der Waals surface area contributed by atoms with Crippen LogP contribution in [0.3, 0.4) is 0 Å². The summed E-state index contributed by atoms with van der Waals surface area (Å²) in [6.07, 6.45) is 12.1. The number of carbonyl (C=O) groups is 2. The van der Waals surface area contributed by atoms with Gasteiger partial charge in [0.05, 0.1) is 13.7 Å². The first-order chi connectivity index (χ1) is 9.16. The molecule has 0 fully saturated rings. The van der Waals surface area contributed by atoms with Crippen molar-refractivity contribution in [1.29, 1.82) is 0 Å². The van der Waals surface area contributed by atoms with Gasteiger partial charge in [-0.05, 0) is 25.7 Å². The maximum atomic E-state index is 10.9. The highest BCUT2D eigenvalue weighted by Gasteiger charge is 1.98. The summed E-state index contributed by atoms with van der Waals surface area (Å²) in [4.78, 5) is 21.3. The molecule has 0 aromatic rings. The molecule has 0 amide bonds. The lowest BCUT2D eigenvalue weighted by atomic mass is 10.1. The molecule has 110 valence electrons. The summed E-state index contributed by atoms with van der Waals surface area (Å²) in [6, 6.07) is 0. The van der Waals surface area contributed by atoms with Crippen molar-refractivity contribution in [1.82, 2.24) is 0 Å². The predicted octanol–water partition coefficient (Wildman–Crippen LogP) is 3.40. The molecular formula is C15H26O4. The fourth-order valence-electron chi connectivity index (χ4n) is 1.67. The zero-order valence-corrected chi connectivity index (χ0v) is 12.2. The Labute approximate surface area is 116 Å². The van der Waals surface area contributed by atoms with Gasteiger partial charge in [-0.2, -0.15) is 0 Å². The Morgan fingerprint density at radius 1 is 0.947 bits per heavy atom. The first-order valence-electron chi connectivity index (χ1n) is 7.02. The lowest BCUT2D eigenvalue weighted by molar-refractivity contribution is -0.141. The Morgan fingerprint density at radius 3 is 2.26 bits per heavy atom. The maximum Gasteiger partial charge on any atom is 0.305 e. The summed E-state index contributed by atoms with van der Waals surface area (Å²) in [5, 5.41) is 0. The molecule has 0 heterocycles. The molecule has 0 aromatic heterocycles. The van der Waals surface area contributed by atoms with Gasteiger partial charge >= 0.3 is 11.9 Å². The van der Waals surface area contributed by atoms with Gasteiger partial charge in [0.2, 0.25) is 0 Å². The molecule has 0 atom stereocenters. The Balaban J connectivity index is 3.16. The lowest BCUT2D eigenvalue weighted by Gasteiger charge is -2.00. The van der Waals surface area contributed by atoms with E-state index in [1.165, 1.54) is 26.9 Å². The largest absolute Gasteiger partial charge is 0.469 e. The first kappa shape index (κ1) is 17.7. The standard InChI is InChI=1S/C15H26O4/c1-14(16)19-13-11-9-7-5-3-4-6-8-10-12-15(17)18-2/h7,9H,3-6,8,10-13H2,1-2H3/b9-7+. The van der Waals surface area contributed by atoms with Crippen LogP contribution in [0.15, 0.2) is 12.2 Å². The van der Waals surface area contributed by atoms with Crippen molar-refractivity contribution >= 4 is 11.9 Å². The zero-order valence-electron chi connectivity index (χ0n) is 12.2. The fourth-order valence-corrected chi connectivity index (χ4v) is 1.67. The van der Waals surface area contributed by atoms with Crippen molar-refractivity contribution in [2.24, 2.45) is 0 Å². The molecule has 0 aliphatic rings. The van der Waals surface area contributed by atoms with Crippen LogP contribution < -0.4 is 0 Å². The summed E-state index contributed by atoms with van der Waals surface area (Å²) < 4.78 is 9.39. The molecule has 0 radical (unpaired) electrons. The molecule has 0 aromatic carbocycles. The van der Waals surface area contributed by atoms with Crippen LogP contribution in [0, 0.1) is 0 Å². The van der Waals surface area contributed by atoms with Gasteiger partial charge in [-0.1, -0.05) is 31.4 Å². The van der Waals surface area contributed by atoms with Crippen LogP contribution >= 0.6 is 0 Å². The summed E-state index contributed by atoms with van der Waals surface area (Å²) in [5.41, 5.74) is 0. The smallest absolute Gasteiger partial charge is 0.305 e. The van der Waals surface area contributed by atoms with Gasteiger partial charge in [-0.25, -0.2) is 0 Å². The normalized spacial score (nSPS) is 10.6. The number of methoxy groups -OCH3 is 1. The van der Waals surface area contributed by atoms with E-state index in [0.29, 0.717) is 13.0 Å². The Morgan fingerprint density at radius 2 is 1.58 bits per heavy atom. The monoisotopic (exact) mass is 270 g/mol. The van der Waals surface area contributed by atoms with Crippen molar-refractivity contribution in [3.8, 4) is 0 Å². The van der Waals surface area contributed by atoms with Crippen molar-refractivity contribution in [3.05, 3.63) is 12.2 Å². The highest BCUT2D eigenvalue weighted by molar-refractivity contribution is 5.68. The molecule has 0 N–H and O–H groups in total. The number of rotatable bonds is 11. The minimum Gasteiger partial charge on any atom is -0.469 e. The highest BCUT2D eigenvalue weighted by Crippen LogP contribution is 2.08. The molecule has 0 aliphatic heterocycles. The van der Waals surface area contributed by atoms with Crippen LogP contribution in [0.2, 0.25) is 0 Å². The van der Waals surface area contributed by atoms with Gasteiger partial charge in [0.15, 0.2) is 0 Å². The van der Waals surface area contributed by atoms with Crippen LogP contribution in [0.4, 0.5) is 0 Å². The summed E-state index contributed by atoms with van der Waals surface area (Å²) in [6.45, 7) is 1.89. The Hall–Kier alpha value is -1.32. The van der Waals surface area contributed by atoms with Crippen molar-refractivity contribution in [3.63, 3.8) is 0 Å². The van der Waals surface area contributed by atoms with E-state index >= 15 is 0 Å². The predicted molar refractivity (Wildman–Crippen MR) is 74.7 cm³/mol. The third kappa shape index (κ3) is 14.6. The van der Waals surface area contributed by atoms with E-state index in [1.54, 1.807) is 0 Å². The number of allylic oxidation sites excluding steroid dienone is 1. The van der Waals surface area contributed by atoms with Crippen molar-refractivity contribution < 1.29 is 19.1 Å². The van der Waals surface area contributed by atoms with Gasteiger partial charge in [-0.15, -0.1) is 0 Å². The second kappa shape index (κ2) is 13.1. The zero-order chi connectivity index (χ0) is 14.3. The van der Waals surface area contributed by atoms with Gasteiger partial charge < -0.3 is 9.47 Å². The molecule has 4 heteroatoms. The van der Waals surface area contributed by atoms with E-state index in [4.69, 9.17) is 4.74 Å². The van der Waals surface area contributed by atoms with Gasteiger partial charge in [0, 0.05) is 13.3 Å². The van der Waals surface area contributed by atoms with Crippen LogP contribution in [0.25, 0.3) is 0 Å². The molecule has 0 rings (SSSR count). The lowest BCUT2D eigenvalue weighted by Crippen LogP contribution is -1.99. The molecule has 0 unspecified atom stereocenters. The first-order valence-corrected chi connectivity index (χ1v) is 7.02. The number of ether oxygens (including phenoxy) is 2. The van der Waals surface area contributed by atoms with E-state index in [9.17, 15) is 9.59 Å². The fraction of sp³-hybridized carbons (Fsp3) is 0.733. The average molecular weight is 270 g/mol. The van der Waals surface area contributed by atoms with Crippen LogP contribution in [0.5, 0.6) is 0 Å². The Bertz CT molecular complexity index is 271. The summed E-state index contributed by atoms with van der Waals surface area (Å²) >= 11 is 0. The number of hydrogen-bond donors (Lipinski definition) is 0. The maximum absolute atomic E-state index is 10.9. The minimum atomic E-state index is -0.222. The van der Waals surface area contributed by atoms with Gasteiger partial charge in [-0.3, -0.25) is 9.59 Å². The second-order valence-corrected chi connectivity index (χ2v) is 4.48. The minimum absolute atomic E-state index is 0.115. The van der Waals surface area contributed by atoms with Crippen molar-refractivity contribution in [2.75, 3.05) is 13.7 Å². The molecule has 19 heavy (non-hydrogen) atoms. The summed E-state index contributed by atoms with van der Waals surface area (Å²) in [7, 11) is 1.43.